The van der Waals surface area contributed by atoms with Crippen molar-refractivity contribution >= 4 is 12.4 Å². The Bertz CT molecular complexity index is 615. The number of rotatable bonds is 9. The second-order valence-electron chi connectivity index (χ2n) is 5.19. The minimum Gasteiger partial charge on any atom is -0.481 e. The molecule has 0 saturated carbocycles. The van der Waals surface area contributed by atoms with Gasteiger partial charge in [-0.25, -0.2) is 5.06 Å². The highest BCUT2D eigenvalue weighted by atomic mass is 16.7. The van der Waals surface area contributed by atoms with Crippen LogP contribution >= 0.6 is 0 Å². The second kappa shape index (κ2) is 8.70. The minimum atomic E-state index is -0.955. The lowest BCUT2D eigenvalue weighted by molar-refractivity contribution is -0.183. The number of hydrogen-bond acceptors (Lipinski definition) is 3. The van der Waals surface area contributed by atoms with Crippen molar-refractivity contribution in [1.82, 2.24) is 5.06 Å². The van der Waals surface area contributed by atoms with Gasteiger partial charge in [0.25, 0.3) is 0 Å². The average molecular weight is 313 g/mol. The van der Waals surface area contributed by atoms with E-state index in [0.717, 1.165) is 16.2 Å². The van der Waals surface area contributed by atoms with E-state index in [2.05, 4.69) is 0 Å². The van der Waals surface area contributed by atoms with E-state index in [1.807, 2.05) is 60.7 Å². The van der Waals surface area contributed by atoms with E-state index >= 15 is 0 Å². The van der Waals surface area contributed by atoms with Gasteiger partial charge in [-0.1, -0.05) is 60.7 Å². The van der Waals surface area contributed by atoms with Crippen molar-refractivity contribution in [3.63, 3.8) is 0 Å². The second-order valence-corrected chi connectivity index (χ2v) is 5.19. The summed E-state index contributed by atoms with van der Waals surface area (Å²) in [7, 11) is 0. The van der Waals surface area contributed by atoms with Crippen LogP contribution in [-0.4, -0.2) is 29.1 Å². The van der Waals surface area contributed by atoms with E-state index in [4.69, 9.17) is 4.84 Å². The molecular formula is C18H19NO4. The molecular weight excluding hydrogens is 294 g/mol. The van der Waals surface area contributed by atoms with Gasteiger partial charge in [-0.05, 0) is 17.5 Å². The molecule has 0 fully saturated rings. The molecule has 1 atom stereocenters. The molecule has 120 valence electrons. The first-order valence-electron chi connectivity index (χ1n) is 7.34. The molecule has 5 heteroatoms. The fraction of sp³-hybridized carbons (Fsp3) is 0.222. The quantitative estimate of drug-likeness (QED) is 0.570. The summed E-state index contributed by atoms with van der Waals surface area (Å²) in [4.78, 5) is 28.0. The lowest BCUT2D eigenvalue weighted by Crippen LogP contribution is -2.33. The minimum absolute atomic E-state index is 0.000557. The average Bonchev–Trinajstić information content (AvgIpc) is 2.59. The maximum Gasteiger partial charge on any atom is 0.308 e. The maximum atomic E-state index is 11.4. The molecule has 2 aromatic carbocycles. The number of carbonyl (C=O) groups excluding carboxylic acids is 1. The summed E-state index contributed by atoms with van der Waals surface area (Å²) in [5, 5.41) is 10.4. The summed E-state index contributed by atoms with van der Waals surface area (Å²) in [5.74, 6) is -1.68. The molecule has 0 bridgehead atoms. The molecule has 0 aromatic heterocycles. The van der Waals surface area contributed by atoms with Crippen LogP contribution in [0.5, 0.6) is 0 Å². The van der Waals surface area contributed by atoms with Crippen molar-refractivity contribution in [3.8, 4) is 0 Å². The highest BCUT2D eigenvalue weighted by Crippen LogP contribution is 2.12. The molecule has 0 saturated heterocycles. The van der Waals surface area contributed by atoms with Crippen molar-refractivity contribution in [3.05, 3.63) is 71.8 Å². The Hall–Kier alpha value is -2.66. The van der Waals surface area contributed by atoms with Gasteiger partial charge in [0.15, 0.2) is 0 Å². The first-order valence-corrected chi connectivity index (χ1v) is 7.34. The van der Waals surface area contributed by atoms with Gasteiger partial charge in [-0.3, -0.25) is 14.4 Å². The van der Waals surface area contributed by atoms with Crippen LogP contribution in [0.25, 0.3) is 0 Å². The van der Waals surface area contributed by atoms with Gasteiger partial charge in [0.2, 0.25) is 6.41 Å². The van der Waals surface area contributed by atoms with Crippen molar-refractivity contribution in [2.75, 3.05) is 6.54 Å². The molecule has 0 radical (unpaired) electrons. The normalized spacial score (nSPS) is 11.7. The Morgan fingerprint density at radius 2 is 1.61 bits per heavy atom. The molecule has 5 nitrogen and oxygen atoms in total. The van der Waals surface area contributed by atoms with Crippen molar-refractivity contribution in [2.45, 2.75) is 13.0 Å². The predicted molar refractivity (Wildman–Crippen MR) is 85.3 cm³/mol. The highest BCUT2D eigenvalue weighted by Gasteiger charge is 2.21. The van der Waals surface area contributed by atoms with Crippen molar-refractivity contribution in [2.24, 2.45) is 5.92 Å². The van der Waals surface area contributed by atoms with E-state index in [1.54, 1.807) is 0 Å². The van der Waals surface area contributed by atoms with E-state index in [9.17, 15) is 14.7 Å². The Morgan fingerprint density at radius 3 is 2.13 bits per heavy atom. The van der Waals surface area contributed by atoms with Gasteiger partial charge < -0.3 is 5.11 Å². The lowest BCUT2D eigenvalue weighted by Gasteiger charge is -2.21. The Kier molecular flexibility index (Phi) is 6.32. The summed E-state index contributed by atoms with van der Waals surface area (Å²) in [6, 6.07) is 18.7. The number of benzene rings is 2. The van der Waals surface area contributed by atoms with Crippen molar-refractivity contribution < 1.29 is 19.5 Å². The number of hydroxylamine groups is 2. The summed E-state index contributed by atoms with van der Waals surface area (Å²) < 4.78 is 0. The first kappa shape index (κ1) is 16.7. The van der Waals surface area contributed by atoms with Gasteiger partial charge >= 0.3 is 5.97 Å². The van der Waals surface area contributed by atoms with Crippen LogP contribution < -0.4 is 0 Å². The van der Waals surface area contributed by atoms with Gasteiger partial charge in [0.1, 0.15) is 6.61 Å². The lowest BCUT2D eigenvalue weighted by atomic mass is 9.99. The fourth-order valence-electron chi connectivity index (χ4n) is 2.20. The molecule has 1 N–H and O–H groups in total. The fourth-order valence-corrected chi connectivity index (χ4v) is 2.20. The number of amides is 1. The molecule has 2 aromatic rings. The molecule has 0 aliphatic heterocycles. The Labute approximate surface area is 135 Å². The van der Waals surface area contributed by atoms with E-state index in [-0.39, 0.29) is 13.2 Å². The van der Waals surface area contributed by atoms with Gasteiger partial charge in [-0.15, -0.1) is 0 Å². The van der Waals surface area contributed by atoms with E-state index in [0.29, 0.717) is 12.8 Å². The summed E-state index contributed by atoms with van der Waals surface area (Å²) in [6.07, 6.45) is 0.860. The predicted octanol–water partition coefficient (Wildman–Crippen LogP) is 2.52. The number of carboxylic acids is 1. The van der Waals surface area contributed by atoms with Crippen LogP contribution in [-0.2, 0) is 27.5 Å². The summed E-state index contributed by atoms with van der Waals surface area (Å²) >= 11 is 0. The van der Waals surface area contributed by atoms with Crippen LogP contribution in [0.15, 0.2) is 60.7 Å². The molecule has 0 aliphatic rings. The molecule has 0 heterocycles. The third-order valence-corrected chi connectivity index (χ3v) is 3.43. The molecule has 0 aliphatic carbocycles. The first-order chi connectivity index (χ1) is 11.2. The van der Waals surface area contributed by atoms with Crippen LogP contribution in [0.1, 0.15) is 11.1 Å². The van der Waals surface area contributed by atoms with Gasteiger partial charge in [0, 0.05) is 0 Å². The Morgan fingerprint density at radius 1 is 1.04 bits per heavy atom. The zero-order chi connectivity index (χ0) is 16.5. The topological polar surface area (TPSA) is 66.8 Å². The van der Waals surface area contributed by atoms with Crippen LogP contribution in [0, 0.1) is 5.92 Å². The molecule has 2 rings (SSSR count). The highest BCUT2D eigenvalue weighted by molar-refractivity contribution is 5.71. The van der Waals surface area contributed by atoms with E-state index in [1.165, 1.54) is 0 Å². The number of aliphatic carboxylic acids is 1. The third kappa shape index (κ3) is 5.56. The summed E-state index contributed by atoms with van der Waals surface area (Å²) in [5.41, 5.74) is 1.82. The zero-order valence-electron chi connectivity index (χ0n) is 12.7. The molecule has 23 heavy (non-hydrogen) atoms. The van der Waals surface area contributed by atoms with Crippen LogP contribution in [0.4, 0.5) is 0 Å². The SMILES string of the molecule is O=CN(C[C@@H](Cc1ccccc1)C(=O)O)OCc1ccccc1. The summed E-state index contributed by atoms with van der Waals surface area (Å²) in [6.45, 7) is 0.220. The number of carboxylic acid groups (broad SMARTS) is 1. The van der Waals surface area contributed by atoms with E-state index < -0.39 is 11.9 Å². The molecule has 0 spiro atoms. The molecule has 1 amide bonds. The number of nitrogens with zero attached hydrogens (tertiary/aromatic N) is 1. The standard InChI is InChI=1S/C18H19NO4/c20-14-19(23-13-16-9-5-2-6-10-16)12-17(18(21)22)11-15-7-3-1-4-8-15/h1-10,14,17H,11-13H2,(H,21,22)/t17-/m1/s1. The zero-order valence-corrected chi connectivity index (χ0v) is 12.7. The number of hydrogen-bond donors (Lipinski definition) is 1. The largest absolute Gasteiger partial charge is 0.481 e. The smallest absolute Gasteiger partial charge is 0.308 e. The maximum absolute atomic E-state index is 11.4. The van der Waals surface area contributed by atoms with Crippen LogP contribution in [0.3, 0.4) is 0 Å². The third-order valence-electron chi connectivity index (χ3n) is 3.43. The van der Waals surface area contributed by atoms with Gasteiger partial charge in [-0.2, -0.15) is 0 Å². The van der Waals surface area contributed by atoms with Gasteiger partial charge in [0.05, 0.1) is 12.5 Å². The molecule has 0 unspecified atom stereocenters. The Balaban J connectivity index is 1.93. The van der Waals surface area contributed by atoms with Crippen molar-refractivity contribution in [1.29, 1.82) is 0 Å². The van der Waals surface area contributed by atoms with Crippen LogP contribution in [0.2, 0.25) is 0 Å². The monoisotopic (exact) mass is 313 g/mol. The number of carbonyl (C=O) groups is 2.